The first-order valence-corrected chi connectivity index (χ1v) is 6.05. The molecule has 1 fully saturated rings. The van der Waals surface area contributed by atoms with Crippen LogP contribution in [0.2, 0.25) is 0 Å². The smallest absolute Gasteiger partial charge is 0.169 e. The lowest BCUT2D eigenvalue weighted by atomic mass is 10.1. The van der Waals surface area contributed by atoms with Gasteiger partial charge in [0.25, 0.3) is 0 Å². The summed E-state index contributed by atoms with van der Waals surface area (Å²) in [6.45, 7) is 3.66. The molecule has 1 saturated carbocycles. The first-order valence-electron chi connectivity index (χ1n) is 4.56. The largest absolute Gasteiger partial charge is 0.227 e. The predicted octanol–water partition coefficient (Wildman–Crippen LogP) is 1.30. The summed E-state index contributed by atoms with van der Waals surface area (Å²) >= 11 is 0. The van der Waals surface area contributed by atoms with Gasteiger partial charge >= 0.3 is 0 Å². The first-order chi connectivity index (χ1) is 5.93. The Labute approximate surface area is 78.3 Å². The summed E-state index contributed by atoms with van der Waals surface area (Å²) in [4.78, 5) is 0. The fourth-order valence-corrected chi connectivity index (χ4v) is 5.39. The third-order valence-corrected chi connectivity index (χ3v) is 7.16. The molecular weight excluding hydrogens is 184 g/mol. The summed E-state index contributed by atoms with van der Waals surface area (Å²) < 4.78 is 23.1. The van der Waals surface area contributed by atoms with Gasteiger partial charge in [-0.3, -0.25) is 0 Å². The van der Waals surface area contributed by atoms with Gasteiger partial charge in [-0.05, 0) is 13.8 Å². The summed E-state index contributed by atoms with van der Waals surface area (Å²) in [6.07, 6.45) is 7.84. The Balaban J connectivity index is 2.41. The van der Waals surface area contributed by atoms with Crippen LogP contribution in [0.3, 0.4) is 0 Å². The van der Waals surface area contributed by atoms with E-state index in [0.29, 0.717) is 0 Å². The molecule has 2 bridgehead atoms. The van der Waals surface area contributed by atoms with Gasteiger partial charge in [0, 0.05) is 11.8 Å². The normalized spacial score (nSPS) is 59.2. The molecule has 1 aliphatic carbocycles. The molecular formula is C10H12O2S. The molecule has 0 amide bonds. The van der Waals surface area contributed by atoms with Crippen LogP contribution in [0.5, 0.6) is 0 Å². The Morgan fingerprint density at radius 3 is 1.92 bits per heavy atom. The summed E-state index contributed by atoms with van der Waals surface area (Å²) in [6, 6.07) is 0. The zero-order chi connectivity index (χ0) is 9.48. The van der Waals surface area contributed by atoms with Gasteiger partial charge in [-0.25, -0.2) is 8.42 Å². The molecule has 0 aromatic rings. The lowest BCUT2D eigenvalue weighted by Gasteiger charge is -2.32. The molecule has 0 radical (unpaired) electrons. The summed E-state index contributed by atoms with van der Waals surface area (Å²) in [5, 5.41) is 0. The highest BCUT2D eigenvalue weighted by Crippen LogP contribution is 2.65. The second-order valence-electron chi connectivity index (χ2n) is 4.64. The minimum atomic E-state index is -3.00. The van der Waals surface area contributed by atoms with E-state index >= 15 is 0 Å². The number of rotatable bonds is 0. The van der Waals surface area contributed by atoms with Crippen molar-refractivity contribution in [1.82, 2.24) is 0 Å². The maximum Gasteiger partial charge on any atom is 0.169 e. The molecule has 2 nitrogen and oxygen atoms in total. The highest BCUT2D eigenvalue weighted by molar-refractivity contribution is 7.95. The lowest BCUT2D eigenvalue weighted by Crippen LogP contribution is -2.44. The molecule has 70 valence electrons. The molecule has 2 heterocycles. The van der Waals surface area contributed by atoms with Crippen molar-refractivity contribution in [2.24, 2.45) is 11.8 Å². The van der Waals surface area contributed by atoms with Crippen molar-refractivity contribution in [2.75, 3.05) is 0 Å². The Hall–Kier alpha value is -0.570. The molecule has 0 spiro atoms. The van der Waals surface area contributed by atoms with Crippen molar-refractivity contribution in [3.05, 3.63) is 24.3 Å². The van der Waals surface area contributed by atoms with E-state index < -0.39 is 19.3 Å². The Kier molecular flexibility index (Phi) is 0.991. The van der Waals surface area contributed by atoms with Crippen LogP contribution in [0.15, 0.2) is 24.3 Å². The van der Waals surface area contributed by atoms with Crippen molar-refractivity contribution in [2.45, 2.75) is 23.3 Å². The van der Waals surface area contributed by atoms with Gasteiger partial charge in [0.05, 0.1) is 4.75 Å². The van der Waals surface area contributed by atoms with Crippen molar-refractivity contribution >= 4 is 9.84 Å². The minimum Gasteiger partial charge on any atom is -0.227 e. The predicted molar refractivity (Wildman–Crippen MR) is 51.0 cm³/mol. The van der Waals surface area contributed by atoms with Crippen molar-refractivity contribution < 1.29 is 8.42 Å². The Morgan fingerprint density at radius 2 is 1.54 bits per heavy atom. The van der Waals surface area contributed by atoms with E-state index in [9.17, 15) is 8.42 Å². The van der Waals surface area contributed by atoms with Crippen molar-refractivity contribution in [1.29, 1.82) is 0 Å². The Bertz CT molecular complexity index is 422. The quantitative estimate of drug-likeness (QED) is 0.547. The van der Waals surface area contributed by atoms with Crippen LogP contribution in [0.1, 0.15) is 13.8 Å². The van der Waals surface area contributed by atoms with Gasteiger partial charge in [0.15, 0.2) is 9.84 Å². The summed E-state index contributed by atoms with van der Waals surface area (Å²) in [7, 11) is -3.00. The molecule has 3 aliphatic rings. The SMILES string of the molecule is CC12C=C[C@@H]3[C@H](C=C1)C3(C)S2(=O)=O. The molecule has 2 aliphatic heterocycles. The highest BCUT2D eigenvalue weighted by atomic mass is 32.2. The van der Waals surface area contributed by atoms with Gasteiger partial charge < -0.3 is 0 Å². The maximum absolute atomic E-state index is 12.2. The maximum atomic E-state index is 12.2. The van der Waals surface area contributed by atoms with E-state index in [-0.39, 0.29) is 11.8 Å². The lowest BCUT2D eigenvalue weighted by molar-refractivity contribution is 0.553. The number of hydrogen-bond acceptors (Lipinski definition) is 2. The topological polar surface area (TPSA) is 34.1 Å². The molecule has 2 unspecified atom stereocenters. The second kappa shape index (κ2) is 1.65. The van der Waals surface area contributed by atoms with Gasteiger partial charge in [0.1, 0.15) is 4.75 Å². The van der Waals surface area contributed by atoms with Gasteiger partial charge in [-0.2, -0.15) is 0 Å². The average molecular weight is 196 g/mol. The second-order valence-corrected chi connectivity index (χ2v) is 7.41. The van der Waals surface area contributed by atoms with E-state index in [1.165, 1.54) is 0 Å². The zero-order valence-corrected chi connectivity index (χ0v) is 8.51. The molecule has 0 aromatic carbocycles. The molecule has 0 saturated heterocycles. The van der Waals surface area contributed by atoms with E-state index in [0.717, 1.165) is 0 Å². The number of fused-ring (bicyclic) bond motifs is 2. The number of hydrogen-bond donors (Lipinski definition) is 0. The van der Waals surface area contributed by atoms with Gasteiger partial charge in [-0.1, -0.05) is 24.3 Å². The van der Waals surface area contributed by atoms with E-state index in [1.54, 1.807) is 6.92 Å². The number of sulfone groups is 1. The van der Waals surface area contributed by atoms with E-state index in [1.807, 2.05) is 19.1 Å². The fourth-order valence-electron chi connectivity index (χ4n) is 2.83. The average Bonchev–Trinajstić information content (AvgIpc) is 2.68. The third kappa shape index (κ3) is 0.539. The van der Waals surface area contributed by atoms with Crippen LogP contribution in [-0.4, -0.2) is 17.9 Å². The van der Waals surface area contributed by atoms with Gasteiger partial charge in [-0.15, -0.1) is 0 Å². The number of allylic oxidation sites excluding steroid dienone is 2. The molecule has 4 atom stereocenters. The highest BCUT2D eigenvalue weighted by Gasteiger charge is 2.73. The van der Waals surface area contributed by atoms with Crippen molar-refractivity contribution in [3.8, 4) is 0 Å². The molecule has 3 rings (SSSR count). The van der Waals surface area contributed by atoms with Crippen LogP contribution in [0.4, 0.5) is 0 Å². The molecule has 13 heavy (non-hydrogen) atoms. The van der Waals surface area contributed by atoms with Gasteiger partial charge in [0.2, 0.25) is 0 Å². The van der Waals surface area contributed by atoms with Crippen molar-refractivity contribution in [3.63, 3.8) is 0 Å². The summed E-state index contributed by atoms with van der Waals surface area (Å²) in [5.41, 5.74) is 0. The minimum absolute atomic E-state index is 0.240. The standard InChI is InChI=1S/C10H12O2S/c1-9-5-3-7-8(4-6-9)10(7,2)13(9,11)12/h3-8H,1-2H3/t7-,8+,9?,10?. The van der Waals surface area contributed by atoms with E-state index in [2.05, 4.69) is 12.2 Å². The molecule has 0 N–H and O–H groups in total. The molecule has 0 aromatic heterocycles. The first kappa shape index (κ1) is 7.80. The van der Waals surface area contributed by atoms with Crippen LogP contribution in [0, 0.1) is 11.8 Å². The van der Waals surface area contributed by atoms with Crippen LogP contribution >= 0.6 is 0 Å². The van der Waals surface area contributed by atoms with Crippen LogP contribution in [0.25, 0.3) is 0 Å². The molecule has 3 heteroatoms. The van der Waals surface area contributed by atoms with Crippen LogP contribution in [-0.2, 0) is 9.84 Å². The van der Waals surface area contributed by atoms with E-state index in [4.69, 9.17) is 0 Å². The fraction of sp³-hybridized carbons (Fsp3) is 0.600. The van der Waals surface area contributed by atoms with Crippen LogP contribution < -0.4 is 0 Å². The zero-order valence-electron chi connectivity index (χ0n) is 7.69. The third-order valence-electron chi connectivity index (χ3n) is 4.03. The summed E-state index contributed by atoms with van der Waals surface area (Å²) in [5.74, 6) is 0.480. The Morgan fingerprint density at radius 1 is 1.08 bits per heavy atom. The monoisotopic (exact) mass is 196 g/mol.